The number of likely N-dealkylation sites (tertiary alicyclic amines) is 1. The van der Waals surface area contributed by atoms with Gasteiger partial charge in [0.25, 0.3) is 0 Å². The summed E-state index contributed by atoms with van der Waals surface area (Å²) in [6, 6.07) is 7.69. The number of benzene rings is 1. The number of amides is 1. The molecule has 0 aliphatic carbocycles. The van der Waals surface area contributed by atoms with E-state index >= 15 is 0 Å². The Balaban J connectivity index is 1.65. The van der Waals surface area contributed by atoms with Crippen molar-refractivity contribution < 1.29 is 9.90 Å². The number of carbonyl (C=O) groups is 1. The van der Waals surface area contributed by atoms with E-state index in [0.717, 1.165) is 24.3 Å². The monoisotopic (exact) mass is 275 g/mol. The summed E-state index contributed by atoms with van der Waals surface area (Å²) >= 11 is 0. The zero-order chi connectivity index (χ0) is 14.1. The summed E-state index contributed by atoms with van der Waals surface area (Å²) in [5, 5.41) is 16.2. The van der Waals surface area contributed by atoms with Gasteiger partial charge in [-0.15, -0.1) is 0 Å². The maximum absolute atomic E-state index is 12.5. The SMILES string of the molecule is CC(O)C1CCN(C(=O)C2CNc3ccccc3N2)C1. The third kappa shape index (κ3) is 2.45. The molecule has 20 heavy (non-hydrogen) atoms. The molecular weight excluding hydrogens is 254 g/mol. The number of hydrogen-bond donors (Lipinski definition) is 3. The second-order valence-corrected chi connectivity index (χ2v) is 5.70. The normalized spacial score (nSPS) is 26.4. The van der Waals surface area contributed by atoms with Crippen molar-refractivity contribution in [1.82, 2.24) is 4.90 Å². The Morgan fingerprint density at radius 1 is 1.40 bits per heavy atom. The zero-order valence-corrected chi connectivity index (χ0v) is 11.7. The molecule has 1 saturated heterocycles. The van der Waals surface area contributed by atoms with Gasteiger partial charge in [-0.3, -0.25) is 4.79 Å². The largest absolute Gasteiger partial charge is 0.393 e. The van der Waals surface area contributed by atoms with E-state index in [-0.39, 0.29) is 24.0 Å². The Labute approximate surface area is 119 Å². The smallest absolute Gasteiger partial charge is 0.246 e. The molecular formula is C15H21N3O2. The molecule has 1 aromatic rings. The molecule has 1 aromatic carbocycles. The summed E-state index contributed by atoms with van der Waals surface area (Å²) in [7, 11) is 0. The number of nitrogens with one attached hydrogen (secondary N) is 2. The van der Waals surface area contributed by atoms with E-state index in [2.05, 4.69) is 10.6 Å². The highest BCUT2D eigenvalue weighted by molar-refractivity contribution is 5.88. The second-order valence-electron chi connectivity index (χ2n) is 5.70. The van der Waals surface area contributed by atoms with Crippen LogP contribution < -0.4 is 10.6 Å². The molecule has 3 rings (SSSR count). The molecule has 5 nitrogen and oxygen atoms in total. The van der Waals surface area contributed by atoms with Crippen LogP contribution in [0.1, 0.15) is 13.3 Å². The van der Waals surface area contributed by atoms with E-state index in [9.17, 15) is 9.90 Å². The Morgan fingerprint density at radius 3 is 2.85 bits per heavy atom. The highest BCUT2D eigenvalue weighted by Gasteiger charge is 2.33. The van der Waals surface area contributed by atoms with Crippen molar-refractivity contribution in [3.63, 3.8) is 0 Å². The summed E-state index contributed by atoms with van der Waals surface area (Å²) in [6.45, 7) is 3.81. The first-order valence-corrected chi connectivity index (χ1v) is 7.21. The summed E-state index contributed by atoms with van der Waals surface area (Å²) < 4.78 is 0. The van der Waals surface area contributed by atoms with Gasteiger partial charge in [0.15, 0.2) is 0 Å². The summed E-state index contributed by atoms with van der Waals surface area (Å²) in [5.41, 5.74) is 2.02. The van der Waals surface area contributed by atoms with Crippen molar-refractivity contribution in [2.75, 3.05) is 30.3 Å². The number of fused-ring (bicyclic) bond motifs is 1. The zero-order valence-electron chi connectivity index (χ0n) is 11.7. The van der Waals surface area contributed by atoms with Crippen LogP contribution in [0.5, 0.6) is 0 Å². The van der Waals surface area contributed by atoms with Gasteiger partial charge < -0.3 is 20.6 Å². The molecule has 5 heteroatoms. The van der Waals surface area contributed by atoms with Crippen molar-refractivity contribution in [2.45, 2.75) is 25.5 Å². The fourth-order valence-corrected chi connectivity index (χ4v) is 2.96. The van der Waals surface area contributed by atoms with Gasteiger partial charge in [0, 0.05) is 25.6 Å². The fraction of sp³-hybridized carbons (Fsp3) is 0.533. The van der Waals surface area contributed by atoms with Crippen LogP contribution in [0.15, 0.2) is 24.3 Å². The molecule has 3 N–H and O–H groups in total. The molecule has 0 radical (unpaired) electrons. The van der Waals surface area contributed by atoms with E-state index < -0.39 is 0 Å². The number of aliphatic hydroxyl groups excluding tert-OH is 1. The van der Waals surface area contributed by atoms with Gasteiger partial charge in [0.2, 0.25) is 5.91 Å². The van der Waals surface area contributed by atoms with Crippen LogP contribution in [-0.4, -0.2) is 47.7 Å². The third-order valence-corrected chi connectivity index (χ3v) is 4.27. The number of hydrogen-bond acceptors (Lipinski definition) is 4. The molecule has 3 unspecified atom stereocenters. The van der Waals surface area contributed by atoms with E-state index in [1.807, 2.05) is 29.2 Å². The number of rotatable bonds is 2. The summed E-state index contributed by atoms with van der Waals surface area (Å²) in [6.07, 6.45) is 0.547. The van der Waals surface area contributed by atoms with Crippen LogP contribution in [0.3, 0.4) is 0 Å². The minimum absolute atomic E-state index is 0.121. The average Bonchev–Trinajstić information content (AvgIpc) is 2.96. The van der Waals surface area contributed by atoms with Gasteiger partial charge in [-0.2, -0.15) is 0 Å². The molecule has 2 heterocycles. The van der Waals surface area contributed by atoms with Crippen molar-refractivity contribution in [2.24, 2.45) is 5.92 Å². The van der Waals surface area contributed by atoms with Crippen molar-refractivity contribution in [1.29, 1.82) is 0 Å². The highest BCUT2D eigenvalue weighted by Crippen LogP contribution is 2.27. The first kappa shape index (κ1) is 13.2. The van der Waals surface area contributed by atoms with Crippen LogP contribution >= 0.6 is 0 Å². The van der Waals surface area contributed by atoms with Gasteiger partial charge in [-0.25, -0.2) is 0 Å². The van der Waals surface area contributed by atoms with Gasteiger partial charge in [0.05, 0.1) is 17.5 Å². The lowest BCUT2D eigenvalue weighted by Gasteiger charge is -2.30. The van der Waals surface area contributed by atoms with Crippen molar-refractivity contribution in [3.8, 4) is 0 Å². The van der Waals surface area contributed by atoms with E-state index in [0.29, 0.717) is 13.1 Å². The van der Waals surface area contributed by atoms with Crippen LogP contribution in [-0.2, 0) is 4.79 Å². The highest BCUT2D eigenvalue weighted by atomic mass is 16.3. The molecule has 3 atom stereocenters. The maximum Gasteiger partial charge on any atom is 0.246 e. The van der Waals surface area contributed by atoms with Gasteiger partial charge in [0.1, 0.15) is 6.04 Å². The fourth-order valence-electron chi connectivity index (χ4n) is 2.96. The van der Waals surface area contributed by atoms with Gasteiger partial charge in [-0.1, -0.05) is 12.1 Å². The van der Waals surface area contributed by atoms with Crippen molar-refractivity contribution >= 4 is 17.3 Å². The van der Waals surface area contributed by atoms with Crippen LogP contribution in [0, 0.1) is 5.92 Å². The lowest BCUT2D eigenvalue weighted by molar-refractivity contribution is -0.130. The predicted molar refractivity (Wildman–Crippen MR) is 78.7 cm³/mol. The average molecular weight is 275 g/mol. The molecule has 1 fully saturated rings. The summed E-state index contributed by atoms with van der Waals surface area (Å²) in [5.74, 6) is 0.331. The van der Waals surface area contributed by atoms with E-state index in [1.54, 1.807) is 6.92 Å². The Morgan fingerprint density at radius 2 is 2.15 bits per heavy atom. The lowest BCUT2D eigenvalue weighted by atomic mass is 10.0. The number of carbonyl (C=O) groups excluding carboxylic acids is 1. The Kier molecular flexibility index (Phi) is 3.53. The molecule has 108 valence electrons. The molecule has 0 aromatic heterocycles. The molecule has 2 aliphatic rings. The molecule has 2 aliphatic heterocycles. The Bertz CT molecular complexity index is 504. The van der Waals surface area contributed by atoms with Crippen LogP contribution in [0.2, 0.25) is 0 Å². The summed E-state index contributed by atoms with van der Waals surface area (Å²) in [4.78, 5) is 14.4. The molecule has 0 bridgehead atoms. The molecule has 0 spiro atoms. The minimum atomic E-state index is -0.342. The minimum Gasteiger partial charge on any atom is -0.393 e. The molecule has 1 amide bonds. The predicted octanol–water partition coefficient (Wildman–Crippen LogP) is 1.12. The topological polar surface area (TPSA) is 64.6 Å². The lowest BCUT2D eigenvalue weighted by Crippen LogP contribution is -2.47. The van der Waals surface area contributed by atoms with Crippen molar-refractivity contribution in [3.05, 3.63) is 24.3 Å². The Hall–Kier alpha value is -1.75. The number of nitrogens with zero attached hydrogens (tertiary/aromatic N) is 1. The number of anilines is 2. The van der Waals surface area contributed by atoms with E-state index in [1.165, 1.54) is 0 Å². The standard InChI is InChI=1S/C15H21N3O2/c1-10(19)11-6-7-18(9-11)15(20)14-8-16-12-4-2-3-5-13(12)17-14/h2-5,10-11,14,16-17,19H,6-9H2,1H3. The van der Waals surface area contributed by atoms with Crippen LogP contribution in [0.25, 0.3) is 0 Å². The first-order valence-electron chi connectivity index (χ1n) is 7.21. The number of para-hydroxylation sites is 2. The quantitative estimate of drug-likeness (QED) is 0.757. The van der Waals surface area contributed by atoms with E-state index in [4.69, 9.17) is 0 Å². The van der Waals surface area contributed by atoms with Crippen LogP contribution in [0.4, 0.5) is 11.4 Å². The first-order chi connectivity index (χ1) is 9.65. The number of aliphatic hydroxyl groups is 1. The second kappa shape index (κ2) is 5.32. The maximum atomic E-state index is 12.5. The third-order valence-electron chi connectivity index (χ3n) is 4.27. The van der Waals surface area contributed by atoms with Gasteiger partial charge >= 0.3 is 0 Å². The van der Waals surface area contributed by atoms with Gasteiger partial charge in [-0.05, 0) is 25.5 Å². The molecule has 0 saturated carbocycles.